The van der Waals surface area contributed by atoms with Gasteiger partial charge < -0.3 is 4.84 Å². The Morgan fingerprint density at radius 3 is 3.25 bits per heavy atom. The highest BCUT2D eigenvalue weighted by molar-refractivity contribution is 5.85. The number of hydrogen-bond acceptors (Lipinski definition) is 3. The fourth-order valence-corrected chi connectivity index (χ4v) is 1.07. The molecule has 2 rings (SSSR count). The Balaban J connectivity index is 2.14. The lowest BCUT2D eigenvalue weighted by Gasteiger charge is -1.98. The van der Waals surface area contributed by atoms with Crippen molar-refractivity contribution in [2.75, 3.05) is 0 Å². The molecular weight excluding hydrogens is 154 g/mol. The van der Waals surface area contributed by atoms with Crippen molar-refractivity contribution >= 4 is 5.84 Å². The summed E-state index contributed by atoms with van der Waals surface area (Å²) in [6.07, 6.45) is 7.78. The Hall–Kier alpha value is -1.58. The van der Waals surface area contributed by atoms with Gasteiger partial charge >= 0.3 is 0 Å². The van der Waals surface area contributed by atoms with Crippen LogP contribution in [-0.4, -0.2) is 21.5 Å². The predicted molar refractivity (Wildman–Crippen MR) is 44.7 cm³/mol. The fraction of sp³-hybridized carbons (Fsp3) is 0.250. The van der Waals surface area contributed by atoms with Gasteiger partial charge in [-0.1, -0.05) is 11.7 Å². The fourth-order valence-electron chi connectivity index (χ4n) is 1.07. The Morgan fingerprint density at radius 2 is 2.67 bits per heavy atom. The summed E-state index contributed by atoms with van der Waals surface area (Å²) in [4.78, 5) is 8.98. The summed E-state index contributed by atoms with van der Waals surface area (Å²) < 4.78 is 1.84. The minimum atomic E-state index is 0.0161. The van der Waals surface area contributed by atoms with E-state index in [-0.39, 0.29) is 6.10 Å². The van der Waals surface area contributed by atoms with E-state index in [1.807, 2.05) is 10.8 Å². The summed E-state index contributed by atoms with van der Waals surface area (Å²) in [5, 5.41) is 3.90. The zero-order valence-corrected chi connectivity index (χ0v) is 6.55. The molecule has 1 aromatic rings. The summed E-state index contributed by atoms with van der Waals surface area (Å²) in [7, 11) is 0. The average Bonchev–Trinajstić information content (AvgIpc) is 2.75. The highest BCUT2D eigenvalue weighted by atomic mass is 16.6. The van der Waals surface area contributed by atoms with Crippen LogP contribution in [0.4, 0.5) is 0 Å². The second-order valence-corrected chi connectivity index (χ2v) is 2.56. The molecule has 1 aromatic heterocycles. The molecule has 0 spiro atoms. The smallest absolute Gasteiger partial charge is 0.157 e. The number of nitrogens with zero attached hydrogens (tertiary/aromatic N) is 3. The number of imidazole rings is 1. The molecule has 0 saturated heterocycles. The van der Waals surface area contributed by atoms with Crippen molar-refractivity contribution < 1.29 is 4.84 Å². The van der Waals surface area contributed by atoms with Crippen LogP contribution in [0.3, 0.4) is 0 Å². The van der Waals surface area contributed by atoms with Gasteiger partial charge in [0.25, 0.3) is 0 Å². The summed E-state index contributed by atoms with van der Waals surface area (Å²) in [6, 6.07) is 0. The second-order valence-electron chi connectivity index (χ2n) is 2.56. The molecule has 0 amide bonds. The van der Waals surface area contributed by atoms with Gasteiger partial charge in [0, 0.05) is 12.4 Å². The van der Waals surface area contributed by atoms with Crippen LogP contribution in [0.25, 0.3) is 0 Å². The van der Waals surface area contributed by atoms with E-state index in [1.54, 1.807) is 18.6 Å². The van der Waals surface area contributed by atoms with E-state index in [9.17, 15) is 0 Å². The first-order chi connectivity index (χ1) is 5.90. The number of aromatic nitrogens is 2. The molecule has 62 valence electrons. The highest BCUT2D eigenvalue weighted by Crippen LogP contribution is 2.11. The Labute approximate surface area is 70.2 Å². The third kappa shape index (κ3) is 1.11. The Kier molecular flexibility index (Phi) is 1.66. The van der Waals surface area contributed by atoms with Gasteiger partial charge in [0.05, 0.1) is 6.42 Å². The van der Waals surface area contributed by atoms with E-state index in [2.05, 4.69) is 16.7 Å². The van der Waals surface area contributed by atoms with Gasteiger partial charge in [-0.3, -0.25) is 4.57 Å². The van der Waals surface area contributed by atoms with E-state index in [0.717, 1.165) is 12.3 Å². The van der Waals surface area contributed by atoms with Crippen LogP contribution < -0.4 is 0 Å². The molecule has 0 bridgehead atoms. The van der Waals surface area contributed by atoms with Crippen LogP contribution >= 0.6 is 0 Å². The van der Waals surface area contributed by atoms with Crippen LogP contribution in [0.2, 0.25) is 0 Å². The molecular formula is C8H9N3O. The summed E-state index contributed by atoms with van der Waals surface area (Å²) in [5.41, 5.74) is 0. The third-order valence-electron chi connectivity index (χ3n) is 1.74. The largest absolute Gasteiger partial charge is 0.386 e. The molecule has 0 N–H and O–H groups in total. The van der Waals surface area contributed by atoms with Gasteiger partial charge in [0.2, 0.25) is 0 Å². The molecule has 0 saturated carbocycles. The van der Waals surface area contributed by atoms with Gasteiger partial charge in [0.1, 0.15) is 6.33 Å². The van der Waals surface area contributed by atoms with E-state index < -0.39 is 0 Å². The monoisotopic (exact) mass is 163 g/mol. The quantitative estimate of drug-likeness (QED) is 0.580. The Morgan fingerprint density at radius 1 is 1.75 bits per heavy atom. The lowest BCUT2D eigenvalue weighted by Crippen LogP contribution is -2.10. The van der Waals surface area contributed by atoms with Crippen molar-refractivity contribution in [2.45, 2.75) is 12.5 Å². The molecule has 4 nitrogen and oxygen atoms in total. The normalized spacial score (nSPS) is 21.7. The lowest BCUT2D eigenvalue weighted by atomic mass is 10.2. The number of oxime groups is 1. The van der Waals surface area contributed by atoms with E-state index in [0.29, 0.717) is 0 Å². The summed E-state index contributed by atoms with van der Waals surface area (Å²) in [6.45, 7) is 3.64. The van der Waals surface area contributed by atoms with Gasteiger partial charge in [0.15, 0.2) is 11.9 Å². The SMILES string of the molecule is C=CC1CC(n2ccnc2)=NO1. The van der Waals surface area contributed by atoms with Crippen LogP contribution in [0.5, 0.6) is 0 Å². The topological polar surface area (TPSA) is 39.4 Å². The molecule has 0 aliphatic carbocycles. The molecule has 4 heteroatoms. The van der Waals surface area contributed by atoms with Gasteiger partial charge in [-0.15, -0.1) is 0 Å². The molecule has 1 aliphatic heterocycles. The molecule has 0 fully saturated rings. The van der Waals surface area contributed by atoms with Crippen molar-refractivity contribution in [1.29, 1.82) is 0 Å². The van der Waals surface area contributed by atoms with Gasteiger partial charge in [-0.05, 0) is 6.08 Å². The van der Waals surface area contributed by atoms with Crippen LogP contribution in [0, 0.1) is 0 Å². The maximum absolute atomic E-state index is 5.06. The zero-order chi connectivity index (χ0) is 8.39. The average molecular weight is 163 g/mol. The number of rotatable bonds is 1. The second kappa shape index (κ2) is 2.81. The lowest BCUT2D eigenvalue weighted by molar-refractivity contribution is 0.120. The maximum Gasteiger partial charge on any atom is 0.157 e. The van der Waals surface area contributed by atoms with Crippen molar-refractivity contribution in [1.82, 2.24) is 9.55 Å². The van der Waals surface area contributed by atoms with E-state index in [1.165, 1.54) is 0 Å². The first-order valence-electron chi connectivity index (χ1n) is 3.74. The van der Waals surface area contributed by atoms with E-state index >= 15 is 0 Å². The van der Waals surface area contributed by atoms with Gasteiger partial charge in [-0.2, -0.15) is 0 Å². The summed E-state index contributed by atoms with van der Waals surface area (Å²) >= 11 is 0. The molecule has 1 unspecified atom stereocenters. The minimum absolute atomic E-state index is 0.0161. The molecule has 1 aliphatic rings. The minimum Gasteiger partial charge on any atom is -0.386 e. The van der Waals surface area contributed by atoms with Gasteiger partial charge in [-0.25, -0.2) is 4.98 Å². The zero-order valence-electron chi connectivity index (χ0n) is 6.55. The molecule has 1 atom stereocenters. The molecule has 2 heterocycles. The first-order valence-corrected chi connectivity index (χ1v) is 3.74. The number of hydrogen-bond donors (Lipinski definition) is 0. The highest BCUT2D eigenvalue weighted by Gasteiger charge is 2.18. The van der Waals surface area contributed by atoms with Crippen LogP contribution in [0.15, 0.2) is 36.5 Å². The standard InChI is InChI=1S/C8H9N3O/c1-2-7-5-8(10-12-7)11-4-3-9-6-11/h2-4,6-7H,1,5H2. The van der Waals surface area contributed by atoms with Crippen molar-refractivity contribution in [2.24, 2.45) is 5.16 Å². The van der Waals surface area contributed by atoms with Crippen molar-refractivity contribution in [3.8, 4) is 0 Å². The molecule has 0 radical (unpaired) electrons. The van der Waals surface area contributed by atoms with Crippen LogP contribution in [0.1, 0.15) is 6.42 Å². The Bertz CT molecular complexity index is 302. The van der Waals surface area contributed by atoms with Crippen molar-refractivity contribution in [3.05, 3.63) is 31.4 Å². The maximum atomic E-state index is 5.06. The van der Waals surface area contributed by atoms with Crippen molar-refractivity contribution in [3.63, 3.8) is 0 Å². The predicted octanol–water partition coefficient (Wildman–Crippen LogP) is 1.02. The molecule has 0 aromatic carbocycles. The third-order valence-corrected chi connectivity index (χ3v) is 1.74. The van der Waals surface area contributed by atoms with Crippen LogP contribution in [-0.2, 0) is 4.84 Å². The molecule has 12 heavy (non-hydrogen) atoms. The summed E-state index contributed by atoms with van der Waals surface area (Å²) in [5.74, 6) is 0.873. The first kappa shape index (κ1) is 7.09. The van der Waals surface area contributed by atoms with E-state index in [4.69, 9.17) is 4.84 Å².